The van der Waals surface area contributed by atoms with Crippen LogP contribution in [0.3, 0.4) is 0 Å². The maximum absolute atomic E-state index is 11.4. The molecular formula is C12H22N2O3. The molecule has 0 radical (unpaired) electrons. The highest BCUT2D eigenvalue weighted by Gasteiger charge is 2.14. The molecule has 1 aliphatic rings. The summed E-state index contributed by atoms with van der Waals surface area (Å²) in [6.45, 7) is 0.946. The third-order valence-corrected chi connectivity index (χ3v) is 3.05. The lowest BCUT2D eigenvalue weighted by Gasteiger charge is -2.11. The van der Waals surface area contributed by atoms with Crippen molar-refractivity contribution in [1.29, 1.82) is 0 Å². The molecule has 0 heterocycles. The molecule has 98 valence electrons. The van der Waals surface area contributed by atoms with E-state index in [1.165, 1.54) is 25.7 Å². The van der Waals surface area contributed by atoms with Crippen LogP contribution in [0.15, 0.2) is 0 Å². The maximum atomic E-state index is 11.4. The Morgan fingerprint density at radius 2 is 1.88 bits per heavy atom. The molecular weight excluding hydrogens is 220 g/mol. The molecule has 0 saturated heterocycles. The van der Waals surface area contributed by atoms with Gasteiger partial charge >= 0.3 is 5.97 Å². The lowest BCUT2D eigenvalue weighted by molar-refractivity contribution is -0.137. The number of unbranched alkanes of at least 4 members (excludes halogenated alkanes) is 1. The first-order valence-electron chi connectivity index (χ1n) is 6.40. The van der Waals surface area contributed by atoms with Gasteiger partial charge in [-0.15, -0.1) is 0 Å². The van der Waals surface area contributed by atoms with Crippen LogP contribution in [0.4, 0.5) is 0 Å². The smallest absolute Gasteiger partial charge is 0.303 e. The van der Waals surface area contributed by atoms with Gasteiger partial charge in [0.2, 0.25) is 5.91 Å². The van der Waals surface area contributed by atoms with Crippen LogP contribution in [0.25, 0.3) is 0 Å². The van der Waals surface area contributed by atoms with Crippen molar-refractivity contribution in [2.24, 2.45) is 0 Å². The van der Waals surface area contributed by atoms with Crippen molar-refractivity contribution in [3.05, 3.63) is 0 Å². The summed E-state index contributed by atoms with van der Waals surface area (Å²) in [4.78, 5) is 21.7. The first-order valence-corrected chi connectivity index (χ1v) is 6.40. The molecule has 1 rings (SSSR count). The number of carboxylic acids is 1. The summed E-state index contributed by atoms with van der Waals surface area (Å²) in [5.74, 6) is -0.772. The molecule has 5 heteroatoms. The van der Waals surface area contributed by atoms with Gasteiger partial charge < -0.3 is 15.7 Å². The van der Waals surface area contributed by atoms with Crippen LogP contribution in [0.2, 0.25) is 0 Å². The number of rotatable bonds is 8. The van der Waals surface area contributed by atoms with Crippen molar-refractivity contribution < 1.29 is 14.7 Å². The zero-order valence-corrected chi connectivity index (χ0v) is 10.2. The van der Waals surface area contributed by atoms with Crippen molar-refractivity contribution >= 4 is 11.9 Å². The number of hydrogen-bond donors (Lipinski definition) is 3. The maximum Gasteiger partial charge on any atom is 0.303 e. The second kappa shape index (κ2) is 8.06. The molecule has 17 heavy (non-hydrogen) atoms. The molecule has 1 fully saturated rings. The summed E-state index contributed by atoms with van der Waals surface area (Å²) in [5, 5.41) is 14.5. The van der Waals surface area contributed by atoms with Crippen molar-refractivity contribution in [2.45, 2.75) is 51.0 Å². The number of carboxylic acid groups (broad SMARTS) is 1. The van der Waals surface area contributed by atoms with Crippen molar-refractivity contribution in [3.63, 3.8) is 0 Å². The Morgan fingerprint density at radius 3 is 2.53 bits per heavy atom. The Labute approximate surface area is 102 Å². The Morgan fingerprint density at radius 1 is 1.18 bits per heavy atom. The number of carbonyl (C=O) groups is 2. The second-order valence-electron chi connectivity index (χ2n) is 4.56. The van der Waals surface area contributed by atoms with E-state index in [0.29, 0.717) is 25.6 Å². The summed E-state index contributed by atoms with van der Waals surface area (Å²) >= 11 is 0. The number of nitrogens with one attached hydrogen (secondary N) is 2. The van der Waals surface area contributed by atoms with Crippen LogP contribution in [0.1, 0.15) is 44.9 Å². The third kappa shape index (κ3) is 6.94. The van der Waals surface area contributed by atoms with Crippen LogP contribution >= 0.6 is 0 Å². The van der Waals surface area contributed by atoms with E-state index in [0.717, 1.165) is 6.42 Å². The Balaban J connectivity index is 1.92. The molecule has 1 amide bonds. The highest BCUT2D eigenvalue weighted by Crippen LogP contribution is 2.17. The highest BCUT2D eigenvalue weighted by molar-refractivity contribution is 5.77. The lowest BCUT2D eigenvalue weighted by atomic mass is 10.2. The molecule has 0 aromatic heterocycles. The fraction of sp³-hybridized carbons (Fsp3) is 0.833. The topological polar surface area (TPSA) is 78.4 Å². The third-order valence-electron chi connectivity index (χ3n) is 3.05. The van der Waals surface area contributed by atoms with Crippen molar-refractivity contribution in [1.82, 2.24) is 10.6 Å². The molecule has 0 atom stereocenters. The predicted molar refractivity (Wildman–Crippen MR) is 64.8 cm³/mol. The molecule has 0 aromatic carbocycles. The van der Waals surface area contributed by atoms with E-state index >= 15 is 0 Å². The SMILES string of the molecule is O=C(O)CCCCNC(=O)CNC1CCCC1. The molecule has 1 aliphatic carbocycles. The van der Waals surface area contributed by atoms with Crippen LogP contribution < -0.4 is 10.6 Å². The first-order chi connectivity index (χ1) is 8.18. The van der Waals surface area contributed by atoms with Gasteiger partial charge in [0.05, 0.1) is 6.54 Å². The van der Waals surface area contributed by atoms with Gasteiger partial charge in [-0.3, -0.25) is 9.59 Å². The van der Waals surface area contributed by atoms with E-state index in [4.69, 9.17) is 5.11 Å². The minimum absolute atomic E-state index is 0.00669. The molecule has 0 spiro atoms. The van der Waals surface area contributed by atoms with Gasteiger partial charge in [0.15, 0.2) is 0 Å². The van der Waals surface area contributed by atoms with Crippen molar-refractivity contribution in [2.75, 3.05) is 13.1 Å². The van der Waals surface area contributed by atoms with Gasteiger partial charge in [0.1, 0.15) is 0 Å². The average Bonchev–Trinajstić information content (AvgIpc) is 2.78. The average molecular weight is 242 g/mol. The van der Waals surface area contributed by atoms with Crippen LogP contribution in [0.5, 0.6) is 0 Å². The fourth-order valence-corrected chi connectivity index (χ4v) is 2.06. The van der Waals surface area contributed by atoms with Gasteiger partial charge in [-0.2, -0.15) is 0 Å². The molecule has 1 saturated carbocycles. The highest BCUT2D eigenvalue weighted by atomic mass is 16.4. The van der Waals surface area contributed by atoms with E-state index < -0.39 is 5.97 Å². The molecule has 3 N–H and O–H groups in total. The molecule has 0 aliphatic heterocycles. The minimum Gasteiger partial charge on any atom is -0.481 e. The summed E-state index contributed by atoms with van der Waals surface area (Å²) in [6, 6.07) is 0.507. The van der Waals surface area contributed by atoms with E-state index in [1.807, 2.05) is 0 Å². The minimum atomic E-state index is -0.778. The van der Waals surface area contributed by atoms with Gasteiger partial charge in [-0.1, -0.05) is 12.8 Å². The van der Waals surface area contributed by atoms with Crippen LogP contribution in [0, 0.1) is 0 Å². The van der Waals surface area contributed by atoms with E-state index in [2.05, 4.69) is 10.6 Å². The Kier molecular flexibility index (Phi) is 6.62. The lowest BCUT2D eigenvalue weighted by Crippen LogP contribution is -2.38. The molecule has 0 aromatic rings. The van der Waals surface area contributed by atoms with Gasteiger partial charge in [-0.25, -0.2) is 0 Å². The normalized spacial score (nSPS) is 16.0. The number of carbonyl (C=O) groups excluding carboxylic acids is 1. The van der Waals surface area contributed by atoms with E-state index in [9.17, 15) is 9.59 Å². The first kappa shape index (κ1) is 14.0. The Bertz CT molecular complexity index is 250. The molecule has 0 unspecified atom stereocenters. The summed E-state index contributed by atoms with van der Waals surface area (Å²) < 4.78 is 0. The van der Waals surface area contributed by atoms with Crippen LogP contribution in [-0.2, 0) is 9.59 Å². The zero-order valence-electron chi connectivity index (χ0n) is 10.2. The molecule has 5 nitrogen and oxygen atoms in total. The van der Waals surface area contributed by atoms with Gasteiger partial charge in [-0.05, 0) is 25.7 Å². The summed E-state index contributed by atoms with van der Waals surface area (Å²) in [7, 11) is 0. The fourth-order valence-electron chi connectivity index (χ4n) is 2.06. The summed E-state index contributed by atoms with van der Waals surface area (Å²) in [6.07, 6.45) is 6.38. The number of hydrogen-bond acceptors (Lipinski definition) is 3. The van der Waals surface area contributed by atoms with Crippen molar-refractivity contribution in [3.8, 4) is 0 Å². The van der Waals surface area contributed by atoms with Gasteiger partial charge in [0.25, 0.3) is 0 Å². The number of amides is 1. The quantitative estimate of drug-likeness (QED) is 0.552. The van der Waals surface area contributed by atoms with E-state index in [1.54, 1.807) is 0 Å². The zero-order chi connectivity index (χ0) is 12.5. The van der Waals surface area contributed by atoms with Gasteiger partial charge in [0, 0.05) is 19.0 Å². The molecule has 0 bridgehead atoms. The standard InChI is InChI=1S/C12H22N2O3/c15-11(9-14-10-5-1-2-6-10)13-8-4-3-7-12(16)17/h10,14H,1-9H2,(H,13,15)(H,16,17). The van der Waals surface area contributed by atoms with Crippen LogP contribution in [-0.4, -0.2) is 36.1 Å². The monoisotopic (exact) mass is 242 g/mol. The van der Waals surface area contributed by atoms with E-state index in [-0.39, 0.29) is 12.3 Å². The predicted octanol–water partition coefficient (Wildman–Crippen LogP) is 0.890. The summed E-state index contributed by atoms with van der Waals surface area (Å²) in [5.41, 5.74) is 0. The largest absolute Gasteiger partial charge is 0.481 e. The second-order valence-corrected chi connectivity index (χ2v) is 4.56. The number of aliphatic carboxylic acids is 1. The Hall–Kier alpha value is -1.10.